The number of aromatic nitrogens is 3. The van der Waals surface area contributed by atoms with Crippen molar-refractivity contribution in [1.29, 1.82) is 0 Å². The van der Waals surface area contributed by atoms with Gasteiger partial charge in [-0.25, -0.2) is 4.98 Å². The minimum absolute atomic E-state index is 0.0782. The first kappa shape index (κ1) is 18.5. The summed E-state index contributed by atoms with van der Waals surface area (Å²) in [5.74, 6) is 0.934. The number of hydrogen-bond donors (Lipinski definition) is 0. The molecule has 1 saturated heterocycles. The Kier molecular flexibility index (Phi) is 4.58. The molecule has 7 heteroatoms. The summed E-state index contributed by atoms with van der Waals surface area (Å²) >= 11 is 0. The van der Waals surface area contributed by atoms with E-state index in [1.54, 1.807) is 0 Å². The molecular weight excluding hydrogens is 378 g/mol. The van der Waals surface area contributed by atoms with E-state index in [0.29, 0.717) is 13.1 Å². The molecule has 0 spiro atoms. The van der Waals surface area contributed by atoms with E-state index < -0.39 is 0 Å². The van der Waals surface area contributed by atoms with Crippen molar-refractivity contribution in [2.24, 2.45) is 0 Å². The molecule has 0 unspecified atom stereocenters. The normalized spacial score (nSPS) is 14.6. The number of fused-ring (bicyclic) bond motifs is 2. The number of amides is 1. The molecule has 30 heavy (non-hydrogen) atoms. The number of rotatable bonds is 3. The maximum atomic E-state index is 12.9. The van der Waals surface area contributed by atoms with Crippen LogP contribution in [0.3, 0.4) is 0 Å². The molecule has 0 atom stereocenters. The molecule has 2 aromatic heterocycles. The van der Waals surface area contributed by atoms with E-state index in [-0.39, 0.29) is 12.3 Å². The third-order valence-electron chi connectivity index (χ3n) is 5.70. The van der Waals surface area contributed by atoms with E-state index in [2.05, 4.69) is 21.1 Å². The van der Waals surface area contributed by atoms with Crippen LogP contribution in [-0.2, 0) is 11.2 Å². The van der Waals surface area contributed by atoms with E-state index >= 15 is 0 Å². The molecule has 1 aliphatic rings. The maximum Gasteiger partial charge on any atom is 0.228 e. The second-order valence-corrected chi connectivity index (χ2v) is 7.85. The molecule has 0 saturated carbocycles. The van der Waals surface area contributed by atoms with Crippen LogP contribution in [0.2, 0.25) is 0 Å². The lowest BCUT2D eigenvalue weighted by Gasteiger charge is -2.35. The van der Waals surface area contributed by atoms with Crippen LogP contribution in [0.25, 0.3) is 22.0 Å². The van der Waals surface area contributed by atoms with Crippen molar-refractivity contribution in [3.8, 4) is 0 Å². The summed E-state index contributed by atoms with van der Waals surface area (Å²) in [7, 11) is 0. The first-order valence-electron chi connectivity index (χ1n) is 10.2. The number of anilines is 1. The molecule has 152 valence electrons. The summed E-state index contributed by atoms with van der Waals surface area (Å²) in [6.07, 6.45) is 2.07. The van der Waals surface area contributed by atoms with Crippen LogP contribution >= 0.6 is 0 Å². The molecule has 0 aliphatic carbocycles. The number of nitrogens with zero attached hydrogens (tertiary/aromatic N) is 5. The molecule has 0 bridgehead atoms. The second kappa shape index (κ2) is 7.40. The van der Waals surface area contributed by atoms with Crippen LogP contribution in [0.15, 0.2) is 47.1 Å². The smallest absolute Gasteiger partial charge is 0.228 e. The molecule has 7 nitrogen and oxygen atoms in total. The van der Waals surface area contributed by atoms with Crippen molar-refractivity contribution in [3.05, 3.63) is 59.4 Å². The van der Waals surface area contributed by atoms with Crippen LogP contribution in [0.4, 0.5) is 5.82 Å². The molecule has 1 amide bonds. The fraction of sp³-hybridized carbons (Fsp3) is 0.304. The predicted molar refractivity (Wildman–Crippen MR) is 116 cm³/mol. The fourth-order valence-electron chi connectivity index (χ4n) is 4.18. The van der Waals surface area contributed by atoms with Gasteiger partial charge in [0.15, 0.2) is 5.58 Å². The summed E-state index contributed by atoms with van der Waals surface area (Å²) in [5.41, 5.74) is 5.46. The highest BCUT2D eigenvalue weighted by molar-refractivity contribution is 5.89. The second-order valence-electron chi connectivity index (χ2n) is 7.85. The van der Waals surface area contributed by atoms with Crippen molar-refractivity contribution < 1.29 is 9.32 Å². The van der Waals surface area contributed by atoms with Gasteiger partial charge in [-0.2, -0.15) is 0 Å². The van der Waals surface area contributed by atoms with Crippen LogP contribution in [0, 0.1) is 13.8 Å². The minimum Gasteiger partial charge on any atom is -0.356 e. The lowest BCUT2D eigenvalue weighted by Crippen LogP contribution is -2.49. The van der Waals surface area contributed by atoms with Crippen molar-refractivity contribution in [1.82, 2.24) is 20.0 Å². The molecule has 0 N–H and O–H groups in total. The van der Waals surface area contributed by atoms with E-state index in [9.17, 15) is 4.79 Å². The first-order valence-corrected chi connectivity index (χ1v) is 10.2. The van der Waals surface area contributed by atoms with Gasteiger partial charge < -0.3 is 14.3 Å². The molecule has 3 heterocycles. The summed E-state index contributed by atoms with van der Waals surface area (Å²) < 4.78 is 5.46. The number of aryl methyl sites for hydroxylation is 2. The summed E-state index contributed by atoms with van der Waals surface area (Å²) in [6, 6.07) is 11.9. The Bertz CT molecular complexity index is 1240. The predicted octanol–water partition coefficient (Wildman–Crippen LogP) is 3.28. The lowest BCUT2D eigenvalue weighted by molar-refractivity contribution is -0.130. The Hall–Kier alpha value is -3.48. The van der Waals surface area contributed by atoms with Gasteiger partial charge in [0.2, 0.25) is 5.91 Å². The van der Waals surface area contributed by atoms with Gasteiger partial charge in [0.1, 0.15) is 11.5 Å². The van der Waals surface area contributed by atoms with Gasteiger partial charge in [-0.05, 0) is 43.2 Å². The monoisotopic (exact) mass is 401 g/mol. The Morgan fingerprint density at radius 3 is 2.63 bits per heavy atom. The number of hydrogen-bond acceptors (Lipinski definition) is 6. The van der Waals surface area contributed by atoms with E-state index in [1.165, 1.54) is 0 Å². The lowest BCUT2D eigenvalue weighted by atomic mass is 10.0. The Morgan fingerprint density at radius 1 is 1.07 bits per heavy atom. The maximum absolute atomic E-state index is 12.9. The number of benzene rings is 2. The van der Waals surface area contributed by atoms with Crippen molar-refractivity contribution in [2.75, 3.05) is 31.1 Å². The summed E-state index contributed by atoms with van der Waals surface area (Å²) in [6.45, 7) is 6.83. The van der Waals surface area contributed by atoms with E-state index in [4.69, 9.17) is 9.51 Å². The third-order valence-corrected chi connectivity index (χ3v) is 5.70. The van der Waals surface area contributed by atoms with Crippen LogP contribution in [-0.4, -0.2) is 52.1 Å². The molecule has 1 fully saturated rings. The zero-order valence-electron chi connectivity index (χ0n) is 17.1. The summed E-state index contributed by atoms with van der Waals surface area (Å²) in [5, 5.41) is 5.13. The van der Waals surface area contributed by atoms with Gasteiger partial charge in [0.05, 0.1) is 23.7 Å². The molecule has 5 rings (SSSR count). The van der Waals surface area contributed by atoms with E-state index in [1.807, 2.05) is 55.3 Å². The number of para-hydroxylation sites is 2. The number of piperazine rings is 1. The van der Waals surface area contributed by atoms with Gasteiger partial charge in [0, 0.05) is 31.6 Å². The van der Waals surface area contributed by atoms with E-state index in [0.717, 1.165) is 57.7 Å². The van der Waals surface area contributed by atoms with Gasteiger partial charge in [0.25, 0.3) is 0 Å². The zero-order chi connectivity index (χ0) is 20.7. The number of carbonyl (C=O) groups is 1. The highest BCUT2D eigenvalue weighted by atomic mass is 16.5. The molecule has 1 aliphatic heterocycles. The summed E-state index contributed by atoms with van der Waals surface area (Å²) in [4.78, 5) is 26.2. The topological polar surface area (TPSA) is 75.4 Å². The quantitative estimate of drug-likeness (QED) is 0.524. The Labute approximate surface area is 174 Å². The standard InChI is InChI=1S/C23H23N5O2/c1-15-11-16(2)23-19(26-30-20(23)12-15)13-22(29)28-9-7-27(8-10-28)21-14-24-17-5-3-4-6-18(17)25-21/h3-6,11-12,14H,7-10,13H2,1-2H3. The van der Waals surface area contributed by atoms with Crippen LogP contribution < -0.4 is 4.90 Å². The van der Waals surface area contributed by atoms with Gasteiger partial charge in [-0.15, -0.1) is 0 Å². The van der Waals surface area contributed by atoms with Crippen LogP contribution in [0.1, 0.15) is 16.8 Å². The largest absolute Gasteiger partial charge is 0.356 e. The van der Waals surface area contributed by atoms with Crippen molar-refractivity contribution in [3.63, 3.8) is 0 Å². The highest BCUT2D eigenvalue weighted by Crippen LogP contribution is 2.25. The molecule has 2 aromatic carbocycles. The molecule has 4 aromatic rings. The van der Waals surface area contributed by atoms with Gasteiger partial charge in [-0.1, -0.05) is 23.4 Å². The van der Waals surface area contributed by atoms with Crippen LogP contribution in [0.5, 0.6) is 0 Å². The molecular formula is C23H23N5O2. The third kappa shape index (κ3) is 3.36. The minimum atomic E-state index is 0.0782. The fourth-order valence-corrected chi connectivity index (χ4v) is 4.18. The van der Waals surface area contributed by atoms with Crippen molar-refractivity contribution in [2.45, 2.75) is 20.3 Å². The SMILES string of the molecule is Cc1cc(C)c2c(CC(=O)N3CCN(c4cnc5ccccc5n4)CC3)noc2c1. The average Bonchev–Trinajstić information content (AvgIpc) is 3.16. The Morgan fingerprint density at radius 2 is 1.83 bits per heavy atom. The first-order chi connectivity index (χ1) is 14.6. The van der Waals surface area contributed by atoms with Crippen molar-refractivity contribution >= 4 is 33.7 Å². The zero-order valence-corrected chi connectivity index (χ0v) is 17.1. The molecule has 0 radical (unpaired) electrons. The Balaban J connectivity index is 1.27. The highest BCUT2D eigenvalue weighted by Gasteiger charge is 2.24. The number of carbonyl (C=O) groups excluding carboxylic acids is 1. The van der Waals surface area contributed by atoms with Gasteiger partial charge in [-0.3, -0.25) is 9.78 Å². The van der Waals surface area contributed by atoms with Gasteiger partial charge >= 0.3 is 0 Å². The average molecular weight is 401 g/mol.